The molecule has 2 N–H and O–H groups in total. The zero-order valence-corrected chi connectivity index (χ0v) is 10.5. The minimum atomic E-state index is -1.14. The first-order chi connectivity index (χ1) is 7.93. The van der Waals surface area contributed by atoms with E-state index in [1.165, 1.54) is 0 Å². The molecule has 0 atom stereocenters. The van der Waals surface area contributed by atoms with E-state index in [0.717, 1.165) is 6.42 Å². The van der Waals surface area contributed by atoms with Gasteiger partial charge in [-0.1, -0.05) is 20.4 Å². The number of ether oxygens (including phenoxy) is 1. The maximum atomic E-state index is 11.2. The van der Waals surface area contributed by atoms with Gasteiger partial charge in [0, 0.05) is 25.3 Å². The lowest BCUT2D eigenvalue weighted by Gasteiger charge is -2.07. The van der Waals surface area contributed by atoms with Gasteiger partial charge in [-0.3, -0.25) is 4.79 Å². The van der Waals surface area contributed by atoms with E-state index in [1.54, 1.807) is 0 Å². The fraction of sp³-hybridized carbons (Fsp3) is 0.667. The first-order valence-electron chi connectivity index (χ1n) is 5.69. The Hall–Kier alpha value is -1.36. The standard InChI is InChI=1S/C12H21NO4/c1-9(2)8-17-6-4-5-13-11(14)7-10(3)12(15)16/h9H,3-8H2,1-2H3,(H,13,14)(H,15,16). The average Bonchev–Trinajstić information content (AvgIpc) is 2.22. The molecule has 0 heterocycles. The van der Waals surface area contributed by atoms with Crippen LogP contribution >= 0.6 is 0 Å². The number of carboxylic acid groups (broad SMARTS) is 1. The van der Waals surface area contributed by atoms with Crippen LogP contribution in [0.1, 0.15) is 26.7 Å². The van der Waals surface area contributed by atoms with Crippen molar-refractivity contribution in [2.45, 2.75) is 26.7 Å². The summed E-state index contributed by atoms with van der Waals surface area (Å²) >= 11 is 0. The van der Waals surface area contributed by atoms with E-state index in [1.807, 2.05) is 0 Å². The van der Waals surface area contributed by atoms with Crippen molar-refractivity contribution in [1.29, 1.82) is 0 Å². The predicted octanol–water partition coefficient (Wildman–Crippen LogP) is 1.20. The topological polar surface area (TPSA) is 75.6 Å². The average molecular weight is 243 g/mol. The number of carbonyl (C=O) groups excluding carboxylic acids is 1. The Morgan fingerprint density at radius 3 is 2.59 bits per heavy atom. The van der Waals surface area contributed by atoms with Gasteiger partial charge in [0.05, 0.1) is 6.42 Å². The Morgan fingerprint density at radius 2 is 2.06 bits per heavy atom. The van der Waals surface area contributed by atoms with Crippen molar-refractivity contribution in [3.63, 3.8) is 0 Å². The Kier molecular flexibility index (Phi) is 8.05. The number of carbonyl (C=O) groups is 2. The van der Waals surface area contributed by atoms with Crippen molar-refractivity contribution < 1.29 is 19.4 Å². The molecule has 0 aliphatic rings. The van der Waals surface area contributed by atoms with E-state index in [2.05, 4.69) is 25.7 Å². The molecule has 0 aliphatic carbocycles. The zero-order chi connectivity index (χ0) is 13.3. The summed E-state index contributed by atoms with van der Waals surface area (Å²) < 4.78 is 5.33. The summed E-state index contributed by atoms with van der Waals surface area (Å²) in [5.41, 5.74) is -0.0986. The van der Waals surface area contributed by atoms with Crippen LogP contribution in [0.4, 0.5) is 0 Å². The second-order valence-electron chi connectivity index (χ2n) is 4.26. The molecular formula is C12H21NO4. The van der Waals surface area contributed by atoms with Crippen molar-refractivity contribution in [3.8, 4) is 0 Å². The summed E-state index contributed by atoms with van der Waals surface area (Å²) in [6, 6.07) is 0. The van der Waals surface area contributed by atoms with Crippen LogP contribution in [0.3, 0.4) is 0 Å². The second kappa shape index (κ2) is 8.75. The molecule has 0 saturated heterocycles. The summed E-state index contributed by atoms with van der Waals surface area (Å²) in [4.78, 5) is 21.6. The van der Waals surface area contributed by atoms with Crippen molar-refractivity contribution in [2.24, 2.45) is 5.92 Å². The molecule has 0 fully saturated rings. The van der Waals surface area contributed by atoms with Gasteiger partial charge in [0.1, 0.15) is 0 Å². The van der Waals surface area contributed by atoms with Gasteiger partial charge in [0.2, 0.25) is 5.91 Å². The van der Waals surface area contributed by atoms with Crippen LogP contribution in [-0.2, 0) is 14.3 Å². The summed E-state index contributed by atoms with van der Waals surface area (Å²) in [6.45, 7) is 9.22. The molecule has 0 aromatic rings. The van der Waals surface area contributed by atoms with E-state index < -0.39 is 5.97 Å². The van der Waals surface area contributed by atoms with Gasteiger partial charge in [-0.05, 0) is 12.3 Å². The Morgan fingerprint density at radius 1 is 1.41 bits per heavy atom. The number of carboxylic acids is 1. The number of rotatable bonds is 9. The van der Waals surface area contributed by atoms with Crippen molar-refractivity contribution in [2.75, 3.05) is 19.8 Å². The second-order valence-corrected chi connectivity index (χ2v) is 4.26. The third-order valence-corrected chi connectivity index (χ3v) is 1.92. The lowest BCUT2D eigenvalue weighted by Crippen LogP contribution is -2.26. The lowest BCUT2D eigenvalue weighted by molar-refractivity contribution is -0.134. The third-order valence-electron chi connectivity index (χ3n) is 1.92. The molecule has 0 bridgehead atoms. The highest BCUT2D eigenvalue weighted by Crippen LogP contribution is 1.97. The number of amides is 1. The van der Waals surface area contributed by atoms with Crippen LogP contribution in [0, 0.1) is 5.92 Å². The molecule has 0 spiro atoms. The quantitative estimate of drug-likeness (QED) is 0.471. The van der Waals surface area contributed by atoms with Crippen molar-refractivity contribution in [1.82, 2.24) is 5.32 Å². The highest BCUT2D eigenvalue weighted by atomic mass is 16.5. The largest absolute Gasteiger partial charge is 0.478 e. The van der Waals surface area contributed by atoms with Crippen LogP contribution in [0.15, 0.2) is 12.2 Å². The smallest absolute Gasteiger partial charge is 0.331 e. The Bertz CT molecular complexity index is 274. The van der Waals surface area contributed by atoms with Gasteiger partial charge >= 0.3 is 5.97 Å². The molecular weight excluding hydrogens is 222 g/mol. The molecule has 5 nitrogen and oxygen atoms in total. The van der Waals surface area contributed by atoms with Gasteiger partial charge in [0.25, 0.3) is 0 Å². The van der Waals surface area contributed by atoms with Gasteiger partial charge in [-0.25, -0.2) is 4.79 Å². The number of nitrogens with one attached hydrogen (secondary N) is 1. The molecule has 0 aromatic heterocycles. The minimum absolute atomic E-state index is 0.0986. The van der Waals surface area contributed by atoms with E-state index in [0.29, 0.717) is 25.7 Å². The van der Waals surface area contributed by atoms with E-state index >= 15 is 0 Å². The molecule has 0 saturated carbocycles. The van der Waals surface area contributed by atoms with Crippen molar-refractivity contribution >= 4 is 11.9 Å². The summed E-state index contributed by atoms with van der Waals surface area (Å²) in [7, 11) is 0. The molecule has 5 heteroatoms. The van der Waals surface area contributed by atoms with Gasteiger partial charge in [-0.2, -0.15) is 0 Å². The van der Waals surface area contributed by atoms with Crippen LogP contribution in [0.2, 0.25) is 0 Å². The predicted molar refractivity (Wildman–Crippen MR) is 64.7 cm³/mol. The highest BCUT2D eigenvalue weighted by molar-refractivity contribution is 5.93. The Balaban J connectivity index is 3.46. The van der Waals surface area contributed by atoms with E-state index in [-0.39, 0.29) is 17.9 Å². The van der Waals surface area contributed by atoms with E-state index in [9.17, 15) is 9.59 Å². The first-order valence-corrected chi connectivity index (χ1v) is 5.69. The van der Waals surface area contributed by atoms with Crippen LogP contribution in [0.25, 0.3) is 0 Å². The molecule has 98 valence electrons. The van der Waals surface area contributed by atoms with Crippen LogP contribution < -0.4 is 5.32 Å². The first kappa shape index (κ1) is 15.6. The number of hydrogen-bond donors (Lipinski definition) is 2. The normalized spacial score (nSPS) is 10.3. The Labute approximate surface area is 102 Å². The SMILES string of the molecule is C=C(CC(=O)NCCCOCC(C)C)C(=O)O. The molecule has 0 unspecified atom stereocenters. The summed E-state index contributed by atoms with van der Waals surface area (Å²) in [6.07, 6.45) is 0.556. The molecule has 0 rings (SSSR count). The zero-order valence-electron chi connectivity index (χ0n) is 10.5. The maximum absolute atomic E-state index is 11.2. The number of aliphatic carboxylic acids is 1. The summed E-state index contributed by atoms with van der Waals surface area (Å²) in [5.74, 6) is -0.954. The maximum Gasteiger partial charge on any atom is 0.331 e. The molecule has 17 heavy (non-hydrogen) atoms. The highest BCUT2D eigenvalue weighted by Gasteiger charge is 2.09. The molecule has 0 aliphatic heterocycles. The molecule has 1 amide bonds. The van der Waals surface area contributed by atoms with Gasteiger partial charge in [0.15, 0.2) is 0 Å². The van der Waals surface area contributed by atoms with E-state index in [4.69, 9.17) is 9.84 Å². The molecule has 0 radical (unpaired) electrons. The van der Waals surface area contributed by atoms with Gasteiger partial charge < -0.3 is 15.2 Å². The molecule has 0 aromatic carbocycles. The fourth-order valence-electron chi connectivity index (χ4n) is 1.05. The minimum Gasteiger partial charge on any atom is -0.478 e. The third kappa shape index (κ3) is 9.56. The lowest BCUT2D eigenvalue weighted by atomic mass is 10.2. The van der Waals surface area contributed by atoms with Crippen LogP contribution in [-0.4, -0.2) is 36.7 Å². The fourth-order valence-corrected chi connectivity index (χ4v) is 1.05. The van der Waals surface area contributed by atoms with Crippen molar-refractivity contribution in [3.05, 3.63) is 12.2 Å². The monoisotopic (exact) mass is 243 g/mol. The summed E-state index contributed by atoms with van der Waals surface area (Å²) in [5, 5.41) is 11.1. The van der Waals surface area contributed by atoms with Crippen LogP contribution in [0.5, 0.6) is 0 Å². The van der Waals surface area contributed by atoms with Gasteiger partial charge in [-0.15, -0.1) is 0 Å². The number of hydrogen-bond acceptors (Lipinski definition) is 3.